The number of ether oxygens (including phenoxy) is 4. The van der Waals surface area contributed by atoms with Crippen LogP contribution in [0.25, 0.3) is 6.08 Å². The Morgan fingerprint density at radius 1 is 0.873 bits per heavy atom. The smallest absolute Gasteiger partial charge is 0.341 e. The molecule has 5 rings (SSSR count). The maximum absolute atomic E-state index is 13.9. The van der Waals surface area contributed by atoms with Gasteiger partial charge in [-0.1, -0.05) is 45.0 Å². The molecule has 2 unspecified atom stereocenters. The Bertz CT molecular complexity index is 2090. The average molecular weight is 786 g/mol. The quantitative estimate of drug-likeness (QED) is 0.0695. The number of nitrogens with one attached hydrogen (secondary N) is 3. The Labute approximate surface area is 330 Å². The first-order chi connectivity index (χ1) is 26.3. The van der Waals surface area contributed by atoms with Crippen LogP contribution in [0.1, 0.15) is 70.8 Å². The summed E-state index contributed by atoms with van der Waals surface area (Å²) < 4.78 is 21.6. The van der Waals surface area contributed by atoms with Crippen LogP contribution in [0.2, 0.25) is 0 Å². The van der Waals surface area contributed by atoms with E-state index in [0.717, 1.165) is 29.7 Å². The maximum atomic E-state index is 13.9. The molecule has 13 heteroatoms. The molecule has 55 heavy (non-hydrogen) atoms. The van der Waals surface area contributed by atoms with Gasteiger partial charge in [0.15, 0.2) is 11.5 Å². The van der Waals surface area contributed by atoms with Crippen LogP contribution >= 0.6 is 23.1 Å². The van der Waals surface area contributed by atoms with Crippen LogP contribution in [0.5, 0.6) is 17.2 Å². The second kappa shape index (κ2) is 17.9. The van der Waals surface area contributed by atoms with Crippen molar-refractivity contribution in [1.29, 1.82) is 0 Å². The molecule has 0 radical (unpaired) electrons. The Morgan fingerprint density at radius 3 is 2.22 bits per heavy atom. The van der Waals surface area contributed by atoms with Crippen molar-refractivity contribution in [2.45, 2.75) is 57.1 Å². The van der Waals surface area contributed by atoms with E-state index in [2.05, 4.69) is 36.7 Å². The van der Waals surface area contributed by atoms with Crippen LogP contribution in [0.4, 0.5) is 10.7 Å². The number of carbonyl (C=O) groups is 4. The SMILES string of the molecule is COC(=O)c1c(NC(=O)C(C)Sc2cccc(NC(=O)/C(=C\c3cc(OC)c(OC)cc3OC)NC(=O)c3ccccc3)c2)sc2c1CCC(C(C)(C)C)C2. The molecule has 1 aliphatic carbocycles. The van der Waals surface area contributed by atoms with Gasteiger partial charge in [0.2, 0.25) is 5.91 Å². The fourth-order valence-electron chi connectivity index (χ4n) is 6.31. The molecular weight excluding hydrogens is 739 g/mol. The Kier molecular flexibility index (Phi) is 13.3. The van der Waals surface area contributed by atoms with Crippen LogP contribution in [-0.4, -0.2) is 57.4 Å². The van der Waals surface area contributed by atoms with E-state index in [1.807, 2.05) is 6.07 Å². The van der Waals surface area contributed by atoms with Crippen LogP contribution in [0.3, 0.4) is 0 Å². The van der Waals surface area contributed by atoms with Crippen LogP contribution in [0, 0.1) is 11.3 Å². The van der Waals surface area contributed by atoms with Crippen LogP contribution in [0.15, 0.2) is 77.3 Å². The topological polar surface area (TPSA) is 141 Å². The van der Waals surface area contributed by atoms with E-state index in [-0.39, 0.29) is 17.0 Å². The molecule has 4 aromatic rings. The number of fused-ring (bicyclic) bond motifs is 1. The highest BCUT2D eigenvalue weighted by Gasteiger charge is 2.35. The molecule has 0 fully saturated rings. The lowest BCUT2D eigenvalue weighted by atomic mass is 9.72. The summed E-state index contributed by atoms with van der Waals surface area (Å²) in [5, 5.41) is 8.58. The van der Waals surface area contributed by atoms with Gasteiger partial charge in [-0.3, -0.25) is 14.4 Å². The molecule has 290 valence electrons. The highest BCUT2D eigenvalue weighted by molar-refractivity contribution is 8.00. The summed E-state index contributed by atoms with van der Waals surface area (Å²) in [5.74, 6) is -0.117. The van der Waals surface area contributed by atoms with Crippen molar-refractivity contribution in [2.75, 3.05) is 39.1 Å². The number of thioether (sulfide) groups is 1. The second-order valence-electron chi connectivity index (χ2n) is 14.1. The second-order valence-corrected chi connectivity index (χ2v) is 16.6. The van der Waals surface area contributed by atoms with Gasteiger partial charge in [-0.15, -0.1) is 23.1 Å². The maximum Gasteiger partial charge on any atom is 0.341 e. The highest BCUT2D eigenvalue weighted by Crippen LogP contribution is 2.45. The molecule has 1 aromatic heterocycles. The molecule has 2 atom stereocenters. The lowest BCUT2D eigenvalue weighted by Crippen LogP contribution is -2.30. The van der Waals surface area contributed by atoms with Gasteiger partial charge in [-0.2, -0.15) is 0 Å². The van der Waals surface area contributed by atoms with Crippen molar-refractivity contribution >= 4 is 63.6 Å². The predicted molar refractivity (Wildman–Crippen MR) is 218 cm³/mol. The van der Waals surface area contributed by atoms with Crippen LogP contribution in [-0.2, 0) is 27.2 Å². The van der Waals surface area contributed by atoms with Gasteiger partial charge in [0.1, 0.15) is 16.4 Å². The Hall–Kier alpha value is -5.27. The minimum absolute atomic E-state index is 0.0564. The van der Waals surface area contributed by atoms with E-state index >= 15 is 0 Å². The lowest BCUT2D eigenvalue weighted by molar-refractivity contribution is -0.115. The van der Waals surface area contributed by atoms with Gasteiger partial charge in [0.25, 0.3) is 11.8 Å². The summed E-state index contributed by atoms with van der Waals surface area (Å²) in [6.45, 7) is 8.48. The van der Waals surface area contributed by atoms with Gasteiger partial charge in [-0.25, -0.2) is 4.79 Å². The van der Waals surface area contributed by atoms with Gasteiger partial charge in [0, 0.05) is 32.7 Å². The summed E-state index contributed by atoms with van der Waals surface area (Å²) in [5.41, 5.74) is 2.74. The molecule has 3 N–H and O–H groups in total. The first-order valence-corrected chi connectivity index (χ1v) is 19.5. The zero-order chi connectivity index (χ0) is 39.9. The van der Waals surface area contributed by atoms with Gasteiger partial charge < -0.3 is 34.9 Å². The van der Waals surface area contributed by atoms with Gasteiger partial charge >= 0.3 is 5.97 Å². The molecule has 0 saturated heterocycles. The van der Waals surface area contributed by atoms with Gasteiger partial charge in [0.05, 0.1) is 39.3 Å². The third-order valence-corrected chi connectivity index (χ3v) is 11.7. The van der Waals surface area contributed by atoms with Crippen molar-refractivity contribution < 1.29 is 38.1 Å². The number of benzene rings is 3. The minimum Gasteiger partial charge on any atom is -0.496 e. The monoisotopic (exact) mass is 785 g/mol. The molecule has 0 bridgehead atoms. The normalized spacial score (nSPS) is 14.5. The summed E-state index contributed by atoms with van der Waals surface area (Å²) in [6, 6.07) is 18.9. The van der Waals surface area contributed by atoms with E-state index in [0.29, 0.717) is 55.4 Å². The van der Waals surface area contributed by atoms with Crippen molar-refractivity contribution in [3.8, 4) is 17.2 Å². The predicted octanol–water partition coefficient (Wildman–Crippen LogP) is 8.24. The zero-order valence-corrected chi connectivity index (χ0v) is 33.9. The van der Waals surface area contributed by atoms with E-state index in [4.69, 9.17) is 18.9 Å². The fourth-order valence-corrected chi connectivity index (χ4v) is 8.56. The first kappa shape index (κ1) is 40.9. The summed E-state index contributed by atoms with van der Waals surface area (Å²) in [7, 11) is 5.84. The lowest BCUT2D eigenvalue weighted by Gasteiger charge is -2.33. The molecule has 0 aliphatic heterocycles. The molecule has 1 aliphatic rings. The summed E-state index contributed by atoms with van der Waals surface area (Å²) >= 11 is 2.75. The van der Waals surface area contributed by atoms with Crippen LogP contribution < -0.4 is 30.2 Å². The Morgan fingerprint density at radius 2 is 1.56 bits per heavy atom. The highest BCUT2D eigenvalue weighted by atomic mass is 32.2. The average Bonchev–Trinajstić information content (AvgIpc) is 3.54. The molecule has 0 saturated carbocycles. The van der Waals surface area contributed by atoms with E-state index < -0.39 is 23.0 Å². The number of amides is 3. The zero-order valence-electron chi connectivity index (χ0n) is 32.3. The number of methoxy groups -OCH3 is 4. The van der Waals surface area contributed by atoms with Crippen molar-refractivity contribution in [3.05, 3.63) is 99.6 Å². The molecular formula is C42H47N3O8S2. The standard InChI is InChI=1S/C42H47N3O8S2/c1-24(37(46)45-40-36(41(49)53-8)30-18-17-27(42(2,3)4)21-35(30)55-40)54-29-16-12-15-28(22-29)43-39(48)31(44-38(47)25-13-10-9-11-14-25)19-26-20-33(51-6)34(52-7)23-32(26)50-5/h9-16,19-20,22-24,27H,17-18,21H2,1-8H3,(H,43,48)(H,44,47)(H,45,46)/b31-19+. The number of hydrogen-bond acceptors (Lipinski definition) is 10. The van der Waals surface area contributed by atoms with E-state index in [1.165, 1.54) is 57.6 Å². The first-order valence-electron chi connectivity index (χ1n) is 17.8. The van der Waals surface area contributed by atoms with Crippen molar-refractivity contribution in [1.82, 2.24) is 5.32 Å². The number of anilines is 2. The molecule has 0 spiro atoms. The Balaban J connectivity index is 1.35. The number of carbonyl (C=O) groups excluding carboxylic acids is 4. The fraction of sp³-hybridized carbons (Fsp3) is 0.333. The van der Waals surface area contributed by atoms with Gasteiger partial charge in [-0.05, 0) is 85.6 Å². The molecule has 11 nitrogen and oxygen atoms in total. The number of rotatable bonds is 13. The third kappa shape index (κ3) is 9.89. The van der Waals surface area contributed by atoms with E-state index in [1.54, 1.807) is 67.6 Å². The van der Waals surface area contributed by atoms with E-state index in [9.17, 15) is 19.2 Å². The number of hydrogen-bond donors (Lipinski definition) is 3. The number of thiophene rings is 1. The third-order valence-electron chi connectivity index (χ3n) is 9.45. The summed E-state index contributed by atoms with van der Waals surface area (Å²) in [6.07, 6.45) is 4.06. The number of esters is 1. The summed E-state index contributed by atoms with van der Waals surface area (Å²) in [4.78, 5) is 55.5. The molecule has 3 aromatic carbocycles. The largest absolute Gasteiger partial charge is 0.496 e. The molecule has 3 amide bonds. The molecule has 1 heterocycles. The van der Waals surface area contributed by atoms with Crippen molar-refractivity contribution in [2.24, 2.45) is 11.3 Å². The van der Waals surface area contributed by atoms with Crippen molar-refractivity contribution in [3.63, 3.8) is 0 Å². The minimum atomic E-state index is -0.597.